The van der Waals surface area contributed by atoms with Crippen LogP contribution in [0.2, 0.25) is 0 Å². The van der Waals surface area contributed by atoms with Gasteiger partial charge in [-0.25, -0.2) is 0 Å². The van der Waals surface area contributed by atoms with Crippen LogP contribution in [0.3, 0.4) is 0 Å². The minimum atomic E-state index is -0.670. The molecule has 0 radical (unpaired) electrons. The number of anilines is 1. The van der Waals surface area contributed by atoms with E-state index in [2.05, 4.69) is 10.6 Å². The molecule has 10 heteroatoms. The van der Waals surface area contributed by atoms with Crippen LogP contribution in [-0.2, 0) is 19.1 Å². The van der Waals surface area contributed by atoms with Crippen molar-refractivity contribution in [1.29, 1.82) is 0 Å². The first kappa shape index (κ1) is 21.9. The topological polar surface area (TPSA) is 137 Å². The maximum atomic E-state index is 12.2. The SMILES string of the molecule is COc1ccc(C(CC(=O)OCC(=O)Nc2sccc2C(N)=O)NC(C)=O)cc1. The lowest BCUT2D eigenvalue weighted by molar-refractivity contribution is -0.148. The fraction of sp³-hybridized carbons (Fsp3) is 0.263. The third-order valence-corrected chi connectivity index (χ3v) is 4.64. The maximum absolute atomic E-state index is 12.2. The number of hydrogen-bond donors (Lipinski definition) is 3. The summed E-state index contributed by atoms with van der Waals surface area (Å²) in [6, 6.07) is 7.73. The number of esters is 1. The van der Waals surface area contributed by atoms with Gasteiger partial charge in [-0.2, -0.15) is 0 Å². The van der Waals surface area contributed by atoms with E-state index in [1.807, 2.05) is 0 Å². The lowest BCUT2D eigenvalue weighted by atomic mass is 10.0. The number of primary amides is 1. The molecule has 1 heterocycles. The molecular formula is C19H21N3O6S. The zero-order valence-corrected chi connectivity index (χ0v) is 16.7. The van der Waals surface area contributed by atoms with Crippen molar-refractivity contribution in [2.45, 2.75) is 19.4 Å². The minimum absolute atomic E-state index is 0.162. The number of thiophene rings is 1. The van der Waals surface area contributed by atoms with Gasteiger partial charge in [0.05, 0.1) is 25.1 Å². The van der Waals surface area contributed by atoms with Gasteiger partial charge >= 0.3 is 5.97 Å². The summed E-state index contributed by atoms with van der Waals surface area (Å²) in [4.78, 5) is 46.9. The van der Waals surface area contributed by atoms with Crippen molar-refractivity contribution < 1.29 is 28.7 Å². The molecular weight excluding hydrogens is 398 g/mol. The smallest absolute Gasteiger partial charge is 0.308 e. The number of methoxy groups -OCH3 is 1. The van der Waals surface area contributed by atoms with E-state index in [9.17, 15) is 19.2 Å². The van der Waals surface area contributed by atoms with Gasteiger partial charge in [0.25, 0.3) is 11.8 Å². The molecule has 2 aromatic rings. The summed E-state index contributed by atoms with van der Waals surface area (Å²) < 4.78 is 10.1. The van der Waals surface area contributed by atoms with E-state index >= 15 is 0 Å². The highest BCUT2D eigenvalue weighted by Gasteiger charge is 2.20. The predicted octanol–water partition coefficient (Wildman–Crippen LogP) is 1.60. The molecule has 0 aliphatic carbocycles. The van der Waals surface area contributed by atoms with Gasteiger partial charge in [-0.1, -0.05) is 12.1 Å². The molecule has 3 amide bonds. The van der Waals surface area contributed by atoms with E-state index in [1.54, 1.807) is 29.6 Å². The normalized spacial score (nSPS) is 11.2. The molecule has 154 valence electrons. The summed E-state index contributed by atoms with van der Waals surface area (Å²) in [7, 11) is 1.53. The number of hydrogen-bond acceptors (Lipinski definition) is 7. The standard InChI is InChI=1S/C19H21N3O6S/c1-11(23)21-15(12-3-5-13(27-2)6-4-12)9-17(25)28-10-16(24)22-19-14(18(20)26)7-8-29-19/h3-8,15H,9-10H2,1-2H3,(H2,20,26)(H,21,23)(H,22,24). The Labute approximate surface area is 171 Å². The zero-order valence-electron chi connectivity index (χ0n) is 15.9. The van der Waals surface area contributed by atoms with Gasteiger partial charge in [-0.05, 0) is 29.1 Å². The summed E-state index contributed by atoms with van der Waals surface area (Å²) in [5, 5.41) is 7.04. The Kier molecular flexibility index (Phi) is 7.72. The molecule has 0 saturated heterocycles. The van der Waals surface area contributed by atoms with Crippen molar-refractivity contribution in [3.8, 4) is 5.75 Å². The van der Waals surface area contributed by atoms with Crippen LogP contribution in [0.25, 0.3) is 0 Å². The van der Waals surface area contributed by atoms with Crippen LogP contribution in [0.5, 0.6) is 5.75 Å². The first-order valence-corrected chi connectivity index (χ1v) is 9.42. The molecule has 0 aliphatic rings. The summed E-state index contributed by atoms with van der Waals surface area (Å²) in [5.41, 5.74) is 6.08. The Morgan fingerprint density at radius 2 is 1.83 bits per heavy atom. The fourth-order valence-corrected chi connectivity index (χ4v) is 3.28. The van der Waals surface area contributed by atoms with E-state index in [1.165, 1.54) is 20.1 Å². The molecule has 1 aromatic carbocycles. The molecule has 0 saturated carbocycles. The molecule has 0 spiro atoms. The molecule has 2 rings (SSSR count). The van der Waals surface area contributed by atoms with Crippen molar-refractivity contribution in [3.63, 3.8) is 0 Å². The van der Waals surface area contributed by atoms with E-state index in [4.69, 9.17) is 15.2 Å². The van der Waals surface area contributed by atoms with E-state index in [-0.39, 0.29) is 22.9 Å². The largest absolute Gasteiger partial charge is 0.497 e. The van der Waals surface area contributed by atoms with Crippen LogP contribution in [0, 0.1) is 0 Å². The number of nitrogens with one attached hydrogen (secondary N) is 2. The molecule has 1 atom stereocenters. The van der Waals surface area contributed by atoms with Crippen LogP contribution in [0.4, 0.5) is 5.00 Å². The summed E-state index contributed by atoms with van der Waals surface area (Å²) in [5.74, 6) is -1.62. The van der Waals surface area contributed by atoms with E-state index in [0.29, 0.717) is 11.3 Å². The number of carbonyl (C=O) groups excluding carboxylic acids is 4. The second-order valence-electron chi connectivity index (χ2n) is 5.97. The second kappa shape index (κ2) is 10.2. The Bertz CT molecular complexity index is 894. The van der Waals surface area contributed by atoms with Gasteiger partial charge in [-0.3, -0.25) is 19.2 Å². The lowest BCUT2D eigenvalue weighted by Gasteiger charge is -2.18. The molecule has 9 nitrogen and oxygen atoms in total. The average molecular weight is 419 g/mol. The van der Waals surface area contributed by atoms with Gasteiger partial charge < -0.3 is 25.8 Å². The van der Waals surface area contributed by atoms with E-state index < -0.39 is 30.4 Å². The van der Waals surface area contributed by atoms with Crippen LogP contribution in [-0.4, -0.2) is 37.4 Å². The Hall–Kier alpha value is -3.40. The highest BCUT2D eigenvalue weighted by molar-refractivity contribution is 7.14. The number of carbonyl (C=O) groups is 4. The van der Waals surface area contributed by atoms with Crippen molar-refractivity contribution in [1.82, 2.24) is 5.32 Å². The molecule has 0 fully saturated rings. The van der Waals surface area contributed by atoms with Gasteiger partial charge in [-0.15, -0.1) is 11.3 Å². The lowest BCUT2D eigenvalue weighted by Crippen LogP contribution is -2.29. The van der Waals surface area contributed by atoms with Crippen molar-refractivity contribution >= 4 is 40.0 Å². The average Bonchev–Trinajstić information content (AvgIpc) is 3.14. The summed E-state index contributed by atoms with van der Waals surface area (Å²) in [6.45, 7) is 0.803. The number of amides is 3. The third-order valence-electron chi connectivity index (χ3n) is 3.81. The van der Waals surface area contributed by atoms with Crippen LogP contribution >= 0.6 is 11.3 Å². The molecule has 1 unspecified atom stereocenters. The molecule has 4 N–H and O–H groups in total. The van der Waals surface area contributed by atoms with Crippen LogP contribution in [0.1, 0.15) is 35.3 Å². The van der Waals surface area contributed by atoms with Crippen molar-refractivity contribution in [2.24, 2.45) is 5.73 Å². The summed E-state index contributed by atoms with van der Waals surface area (Å²) in [6.07, 6.45) is -0.162. The molecule has 1 aromatic heterocycles. The maximum Gasteiger partial charge on any atom is 0.308 e. The van der Waals surface area contributed by atoms with Gasteiger partial charge in [0.1, 0.15) is 10.8 Å². The first-order valence-electron chi connectivity index (χ1n) is 8.54. The van der Waals surface area contributed by atoms with Gasteiger partial charge in [0, 0.05) is 6.92 Å². The van der Waals surface area contributed by atoms with Gasteiger partial charge in [0.15, 0.2) is 6.61 Å². The highest BCUT2D eigenvalue weighted by atomic mass is 32.1. The minimum Gasteiger partial charge on any atom is -0.497 e. The van der Waals surface area contributed by atoms with E-state index in [0.717, 1.165) is 11.3 Å². The quantitative estimate of drug-likeness (QED) is 0.528. The second-order valence-corrected chi connectivity index (χ2v) is 6.88. The Morgan fingerprint density at radius 3 is 2.41 bits per heavy atom. The summed E-state index contributed by atoms with van der Waals surface area (Å²) >= 11 is 1.13. The molecule has 0 aliphatic heterocycles. The number of benzene rings is 1. The monoisotopic (exact) mass is 419 g/mol. The molecule has 29 heavy (non-hydrogen) atoms. The van der Waals surface area contributed by atoms with Crippen molar-refractivity contribution in [3.05, 3.63) is 46.8 Å². The fourth-order valence-electron chi connectivity index (χ4n) is 2.47. The van der Waals surface area contributed by atoms with Crippen LogP contribution < -0.4 is 21.1 Å². The molecule has 0 bridgehead atoms. The number of rotatable bonds is 9. The Morgan fingerprint density at radius 1 is 1.14 bits per heavy atom. The van der Waals surface area contributed by atoms with Crippen molar-refractivity contribution in [2.75, 3.05) is 19.0 Å². The zero-order chi connectivity index (χ0) is 21.4. The van der Waals surface area contributed by atoms with Crippen LogP contribution in [0.15, 0.2) is 35.7 Å². The first-order chi connectivity index (χ1) is 13.8. The predicted molar refractivity (Wildman–Crippen MR) is 107 cm³/mol. The number of nitrogens with two attached hydrogens (primary N) is 1. The highest BCUT2D eigenvalue weighted by Crippen LogP contribution is 2.23. The Balaban J connectivity index is 1.93. The third kappa shape index (κ3) is 6.61. The number of ether oxygens (including phenoxy) is 2. The van der Waals surface area contributed by atoms with Gasteiger partial charge in [0.2, 0.25) is 5.91 Å².